The molecule has 0 aliphatic carbocycles. The fourth-order valence-corrected chi connectivity index (χ4v) is 3.14. The molecule has 0 heterocycles. The molecule has 212 valence electrons. The van der Waals surface area contributed by atoms with Crippen molar-refractivity contribution in [3.05, 3.63) is 0 Å². The van der Waals surface area contributed by atoms with Crippen molar-refractivity contribution in [3.8, 4) is 0 Å². The summed E-state index contributed by atoms with van der Waals surface area (Å²) in [4.78, 5) is 72.6. The lowest BCUT2D eigenvalue weighted by Gasteiger charge is -2.26. The van der Waals surface area contributed by atoms with E-state index in [1.807, 2.05) is 0 Å². The van der Waals surface area contributed by atoms with E-state index in [1.54, 1.807) is 0 Å². The molecule has 0 unspecified atom stereocenters. The number of carboxylic acid groups (broad SMARTS) is 2. The smallest absolute Gasteiger partial charge is 0.328 e. The lowest BCUT2D eigenvalue weighted by atomic mass is 10.0. The van der Waals surface area contributed by atoms with Crippen LogP contribution in [0, 0.1) is 0 Å². The van der Waals surface area contributed by atoms with Crippen LogP contribution in [0.5, 0.6) is 0 Å². The molecule has 0 aromatic carbocycles. The second-order valence-electron chi connectivity index (χ2n) is 8.42. The molecular weight excluding hydrogens is 512 g/mol. The standard InChI is InChI=1S/C21H38N6O9S/c1-10(24-18(32)12(23)9-37)17(31)25-14(6-7-15(29)30)19(33)26-13(5-3-4-8-22)20(34)27-16(11(2)28)21(35)36/h10-14,16,28,37H,3-9,22-23H2,1-2H3,(H,24,32)(H,25,31)(H,26,33)(H,27,34)(H,29,30)(H,35,36)/t10-,11+,12-,13-,14-,16-/m0/s1. The lowest BCUT2D eigenvalue weighted by molar-refractivity contribution is -0.145. The molecule has 11 N–H and O–H groups in total. The Kier molecular flexibility index (Phi) is 16.1. The summed E-state index contributed by atoms with van der Waals surface area (Å²) >= 11 is 3.90. The monoisotopic (exact) mass is 550 g/mol. The van der Waals surface area contributed by atoms with Gasteiger partial charge in [0.05, 0.1) is 12.1 Å². The number of aliphatic hydroxyl groups is 1. The molecule has 15 nitrogen and oxygen atoms in total. The lowest BCUT2D eigenvalue weighted by Crippen LogP contribution is -2.59. The number of carbonyl (C=O) groups is 6. The molecule has 0 spiro atoms. The zero-order valence-corrected chi connectivity index (χ0v) is 21.7. The van der Waals surface area contributed by atoms with Gasteiger partial charge in [-0.2, -0.15) is 12.6 Å². The highest BCUT2D eigenvalue weighted by molar-refractivity contribution is 7.80. The van der Waals surface area contributed by atoms with Crippen molar-refractivity contribution in [1.29, 1.82) is 0 Å². The van der Waals surface area contributed by atoms with E-state index in [0.717, 1.165) is 0 Å². The van der Waals surface area contributed by atoms with E-state index in [0.29, 0.717) is 19.4 Å². The Hall–Kier alpha value is -2.95. The van der Waals surface area contributed by atoms with Gasteiger partial charge < -0.3 is 48.1 Å². The van der Waals surface area contributed by atoms with E-state index in [2.05, 4.69) is 33.9 Å². The van der Waals surface area contributed by atoms with Crippen LogP contribution in [-0.2, 0) is 28.8 Å². The van der Waals surface area contributed by atoms with Crippen molar-refractivity contribution < 1.29 is 44.1 Å². The fourth-order valence-electron chi connectivity index (χ4n) is 2.98. The molecule has 0 aromatic heterocycles. The summed E-state index contributed by atoms with van der Waals surface area (Å²) in [5, 5.41) is 37.1. The molecule has 6 atom stereocenters. The largest absolute Gasteiger partial charge is 0.481 e. The third-order valence-electron chi connectivity index (χ3n) is 5.19. The van der Waals surface area contributed by atoms with Crippen molar-refractivity contribution >= 4 is 48.2 Å². The number of nitrogens with one attached hydrogen (secondary N) is 4. The summed E-state index contributed by atoms with van der Waals surface area (Å²) in [5.41, 5.74) is 11.0. The first-order valence-corrected chi connectivity index (χ1v) is 12.3. The molecule has 37 heavy (non-hydrogen) atoms. The molecule has 0 rings (SSSR count). The number of hydrogen-bond acceptors (Lipinski definition) is 10. The van der Waals surface area contributed by atoms with Crippen LogP contribution < -0.4 is 32.7 Å². The molecule has 0 aliphatic heterocycles. The summed E-state index contributed by atoms with van der Waals surface area (Å²) in [6, 6.07) is -6.43. The van der Waals surface area contributed by atoms with Crippen LogP contribution in [0.25, 0.3) is 0 Å². The van der Waals surface area contributed by atoms with Gasteiger partial charge in [0.25, 0.3) is 0 Å². The van der Waals surface area contributed by atoms with Crippen LogP contribution in [0.15, 0.2) is 0 Å². The van der Waals surface area contributed by atoms with E-state index < -0.39 is 78.3 Å². The van der Waals surface area contributed by atoms with E-state index >= 15 is 0 Å². The first-order chi connectivity index (χ1) is 17.2. The van der Waals surface area contributed by atoms with Gasteiger partial charge in [-0.25, -0.2) is 4.79 Å². The van der Waals surface area contributed by atoms with Gasteiger partial charge in [-0.15, -0.1) is 0 Å². The molecule has 0 saturated heterocycles. The van der Waals surface area contributed by atoms with Crippen LogP contribution in [0.3, 0.4) is 0 Å². The number of nitrogens with two attached hydrogens (primary N) is 2. The molecular formula is C21H38N6O9S. The molecule has 4 amide bonds. The van der Waals surface area contributed by atoms with Gasteiger partial charge in [-0.05, 0) is 46.1 Å². The first-order valence-electron chi connectivity index (χ1n) is 11.7. The number of amides is 4. The molecule has 0 fully saturated rings. The van der Waals surface area contributed by atoms with E-state index in [9.17, 15) is 39.0 Å². The van der Waals surface area contributed by atoms with Gasteiger partial charge >= 0.3 is 11.9 Å². The highest BCUT2D eigenvalue weighted by Crippen LogP contribution is 2.06. The number of carboxylic acids is 2. The fraction of sp³-hybridized carbons (Fsp3) is 0.714. The highest BCUT2D eigenvalue weighted by Gasteiger charge is 2.32. The molecule has 0 saturated carbocycles. The minimum atomic E-state index is -1.64. The van der Waals surface area contributed by atoms with Crippen molar-refractivity contribution in [2.45, 2.75) is 82.3 Å². The SMILES string of the molecule is C[C@H](NC(=O)[C@@H](N)CS)C(=O)N[C@@H](CCC(=O)O)C(=O)N[C@@H](CCCCN)C(=O)N[C@H](C(=O)O)[C@@H](C)O. The van der Waals surface area contributed by atoms with Crippen LogP contribution in [0.4, 0.5) is 0 Å². The Morgan fingerprint density at radius 1 is 0.811 bits per heavy atom. The second kappa shape index (κ2) is 17.5. The predicted molar refractivity (Wildman–Crippen MR) is 134 cm³/mol. The predicted octanol–water partition coefficient (Wildman–Crippen LogP) is -3.34. The van der Waals surface area contributed by atoms with Gasteiger partial charge in [-0.3, -0.25) is 24.0 Å². The maximum Gasteiger partial charge on any atom is 0.328 e. The van der Waals surface area contributed by atoms with Crippen molar-refractivity contribution in [3.63, 3.8) is 0 Å². The number of thiol groups is 1. The van der Waals surface area contributed by atoms with Gasteiger partial charge in [0.1, 0.15) is 18.1 Å². The Morgan fingerprint density at radius 2 is 1.35 bits per heavy atom. The van der Waals surface area contributed by atoms with Crippen LogP contribution in [0.2, 0.25) is 0 Å². The molecule has 0 bridgehead atoms. The van der Waals surface area contributed by atoms with Gasteiger partial charge in [0.2, 0.25) is 23.6 Å². The Balaban J connectivity index is 5.63. The number of aliphatic hydroxyl groups excluding tert-OH is 1. The minimum Gasteiger partial charge on any atom is -0.481 e. The summed E-state index contributed by atoms with van der Waals surface area (Å²) < 4.78 is 0. The maximum absolute atomic E-state index is 13.0. The van der Waals surface area contributed by atoms with Crippen molar-refractivity contribution in [2.75, 3.05) is 12.3 Å². The van der Waals surface area contributed by atoms with Gasteiger partial charge in [0.15, 0.2) is 6.04 Å². The quantitative estimate of drug-likeness (QED) is 0.0595. The molecule has 0 aromatic rings. The normalized spacial score (nSPS) is 15.7. The van der Waals surface area contributed by atoms with Gasteiger partial charge in [-0.1, -0.05) is 0 Å². The van der Waals surface area contributed by atoms with Crippen molar-refractivity contribution in [2.24, 2.45) is 11.5 Å². The number of rotatable bonds is 18. The van der Waals surface area contributed by atoms with Crippen molar-refractivity contribution in [1.82, 2.24) is 21.3 Å². The molecule has 0 radical (unpaired) electrons. The molecule has 0 aliphatic rings. The van der Waals surface area contributed by atoms with E-state index in [1.165, 1.54) is 13.8 Å². The number of carbonyl (C=O) groups excluding carboxylic acids is 4. The van der Waals surface area contributed by atoms with E-state index in [4.69, 9.17) is 16.6 Å². The number of unbranched alkanes of at least 4 members (excludes halogenated alkanes) is 1. The topological polar surface area (TPSA) is 263 Å². The first kappa shape index (κ1) is 34.0. The zero-order valence-electron chi connectivity index (χ0n) is 20.8. The highest BCUT2D eigenvalue weighted by atomic mass is 32.1. The molecule has 16 heteroatoms. The third kappa shape index (κ3) is 13.2. The number of hydrogen-bond donors (Lipinski definition) is 10. The summed E-state index contributed by atoms with van der Waals surface area (Å²) in [7, 11) is 0. The average Bonchev–Trinajstić information content (AvgIpc) is 2.82. The minimum absolute atomic E-state index is 0.0230. The third-order valence-corrected chi connectivity index (χ3v) is 5.58. The average molecular weight is 551 g/mol. The zero-order chi connectivity index (χ0) is 28.7. The summed E-state index contributed by atoms with van der Waals surface area (Å²) in [5.74, 6) is -5.99. The van der Waals surface area contributed by atoms with Gasteiger partial charge in [0, 0.05) is 12.2 Å². The van der Waals surface area contributed by atoms with Crippen LogP contribution >= 0.6 is 12.6 Å². The van der Waals surface area contributed by atoms with E-state index in [-0.39, 0.29) is 18.6 Å². The number of aliphatic carboxylic acids is 2. The Morgan fingerprint density at radius 3 is 1.84 bits per heavy atom. The summed E-state index contributed by atoms with van der Waals surface area (Å²) in [6.45, 7) is 2.79. The maximum atomic E-state index is 13.0. The Labute approximate surface area is 219 Å². The Bertz CT molecular complexity index is 813. The van der Waals surface area contributed by atoms with Crippen LogP contribution in [0.1, 0.15) is 46.0 Å². The second-order valence-corrected chi connectivity index (χ2v) is 8.79. The summed E-state index contributed by atoms with van der Waals surface area (Å²) in [6.07, 6.45) is -1.36. The van der Waals surface area contributed by atoms with Crippen LogP contribution in [-0.4, -0.2) is 99.5 Å².